The summed E-state index contributed by atoms with van der Waals surface area (Å²) in [4.78, 5) is 12.5. The van der Waals surface area contributed by atoms with Crippen LogP contribution in [0.25, 0.3) is 0 Å². The summed E-state index contributed by atoms with van der Waals surface area (Å²) in [6, 6.07) is 9.55. The van der Waals surface area contributed by atoms with Crippen LogP contribution in [-0.2, 0) is 20.6 Å². The molecule has 5 nitrogen and oxygen atoms in total. The van der Waals surface area contributed by atoms with Gasteiger partial charge in [0.2, 0.25) is 15.9 Å². The first-order valence-electron chi connectivity index (χ1n) is 8.73. The molecule has 2 aromatic rings. The van der Waals surface area contributed by atoms with Crippen LogP contribution in [0.15, 0.2) is 42.5 Å². The Hall–Kier alpha value is -2.03. The van der Waals surface area contributed by atoms with Gasteiger partial charge in [0.05, 0.1) is 17.4 Å². The molecule has 0 unspecified atom stereocenters. The van der Waals surface area contributed by atoms with Crippen molar-refractivity contribution in [3.63, 3.8) is 0 Å². The number of carbonyl (C=O) groups is 1. The number of hydrogen-bond acceptors (Lipinski definition) is 3. The number of nitrogens with one attached hydrogen (secondary N) is 1. The zero-order chi connectivity index (χ0) is 20.3. The molecule has 0 saturated carbocycles. The van der Waals surface area contributed by atoms with Crippen molar-refractivity contribution in [2.24, 2.45) is 5.92 Å². The van der Waals surface area contributed by atoms with E-state index >= 15 is 0 Å². The van der Waals surface area contributed by atoms with Crippen molar-refractivity contribution in [3.05, 3.63) is 64.7 Å². The minimum atomic E-state index is -3.67. The zero-order valence-corrected chi connectivity index (χ0v) is 16.4. The van der Waals surface area contributed by atoms with Crippen LogP contribution in [-0.4, -0.2) is 31.7 Å². The van der Waals surface area contributed by atoms with Crippen LogP contribution in [0, 0.1) is 17.6 Å². The normalized spacial score (nSPS) is 18.0. The van der Waals surface area contributed by atoms with E-state index in [-0.39, 0.29) is 18.0 Å². The molecule has 3 rings (SSSR count). The van der Waals surface area contributed by atoms with E-state index in [1.54, 1.807) is 24.3 Å². The molecule has 0 aliphatic carbocycles. The summed E-state index contributed by atoms with van der Waals surface area (Å²) in [6.45, 7) is 0.308. The second-order valence-electron chi connectivity index (χ2n) is 6.66. The molecule has 0 bridgehead atoms. The van der Waals surface area contributed by atoms with Gasteiger partial charge < -0.3 is 5.32 Å². The summed E-state index contributed by atoms with van der Waals surface area (Å²) in [5.41, 5.74) is 0.353. The Morgan fingerprint density at radius 2 is 1.96 bits per heavy atom. The minimum Gasteiger partial charge on any atom is -0.323 e. The molecule has 0 spiro atoms. The van der Waals surface area contributed by atoms with Crippen LogP contribution in [0.5, 0.6) is 0 Å². The maximum atomic E-state index is 13.8. The van der Waals surface area contributed by atoms with Crippen molar-refractivity contribution in [2.45, 2.75) is 18.6 Å². The van der Waals surface area contributed by atoms with Crippen LogP contribution >= 0.6 is 11.6 Å². The summed E-state index contributed by atoms with van der Waals surface area (Å²) in [5, 5.41) is 2.78. The van der Waals surface area contributed by atoms with Crippen molar-refractivity contribution in [2.75, 3.05) is 18.4 Å². The number of piperidine rings is 1. The molecular formula is C19H19ClF2N2O3S. The number of rotatable bonds is 5. The Labute approximate surface area is 167 Å². The maximum absolute atomic E-state index is 13.8. The largest absolute Gasteiger partial charge is 0.323 e. The number of benzene rings is 2. The molecule has 1 aliphatic heterocycles. The van der Waals surface area contributed by atoms with Crippen LogP contribution in [0.2, 0.25) is 5.02 Å². The lowest BCUT2D eigenvalue weighted by Crippen LogP contribution is -2.44. The average molecular weight is 429 g/mol. The molecule has 1 aliphatic rings. The topological polar surface area (TPSA) is 66.5 Å². The summed E-state index contributed by atoms with van der Waals surface area (Å²) in [6.07, 6.45) is 0.985. The van der Waals surface area contributed by atoms with Gasteiger partial charge >= 0.3 is 0 Å². The third-order valence-electron chi connectivity index (χ3n) is 4.63. The SMILES string of the molecule is O=C(Nc1ccc(F)cc1F)[C@@H]1CCCN(S(=O)(=O)Cc2ccccc2Cl)C1. The molecular weight excluding hydrogens is 410 g/mol. The first-order valence-corrected chi connectivity index (χ1v) is 10.7. The number of halogens is 3. The van der Waals surface area contributed by atoms with E-state index in [9.17, 15) is 22.0 Å². The Morgan fingerprint density at radius 3 is 2.68 bits per heavy atom. The van der Waals surface area contributed by atoms with E-state index in [4.69, 9.17) is 11.6 Å². The lowest BCUT2D eigenvalue weighted by Gasteiger charge is -2.31. The van der Waals surface area contributed by atoms with Gasteiger partial charge in [0.15, 0.2) is 0 Å². The fraction of sp³-hybridized carbons (Fsp3) is 0.316. The predicted molar refractivity (Wildman–Crippen MR) is 103 cm³/mol. The van der Waals surface area contributed by atoms with Gasteiger partial charge in [-0.2, -0.15) is 0 Å². The molecule has 0 aromatic heterocycles. The molecule has 28 heavy (non-hydrogen) atoms. The van der Waals surface area contributed by atoms with Crippen LogP contribution in [0.3, 0.4) is 0 Å². The van der Waals surface area contributed by atoms with E-state index in [0.717, 1.165) is 12.1 Å². The lowest BCUT2D eigenvalue weighted by molar-refractivity contribution is -0.120. The van der Waals surface area contributed by atoms with Crippen LogP contribution in [0.1, 0.15) is 18.4 Å². The number of hydrogen-bond donors (Lipinski definition) is 1. The first kappa shape index (κ1) is 20.7. The highest BCUT2D eigenvalue weighted by atomic mass is 35.5. The van der Waals surface area contributed by atoms with Gasteiger partial charge in [0, 0.05) is 24.2 Å². The Morgan fingerprint density at radius 1 is 1.21 bits per heavy atom. The summed E-state index contributed by atoms with van der Waals surface area (Å²) < 4.78 is 53.5. The van der Waals surface area contributed by atoms with Crippen molar-refractivity contribution in [3.8, 4) is 0 Å². The second kappa shape index (κ2) is 8.55. The highest BCUT2D eigenvalue weighted by Gasteiger charge is 2.33. The average Bonchev–Trinajstić information content (AvgIpc) is 2.66. The molecule has 1 fully saturated rings. The smallest absolute Gasteiger partial charge is 0.228 e. The number of anilines is 1. The van der Waals surface area contributed by atoms with E-state index in [2.05, 4.69) is 5.32 Å². The monoisotopic (exact) mass is 428 g/mol. The molecule has 2 aromatic carbocycles. The van der Waals surface area contributed by atoms with Crippen molar-refractivity contribution in [1.82, 2.24) is 4.31 Å². The van der Waals surface area contributed by atoms with Crippen molar-refractivity contribution in [1.29, 1.82) is 0 Å². The Balaban J connectivity index is 1.69. The van der Waals surface area contributed by atoms with Crippen molar-refractivity contribution >= 4 is 33.2 Å². The highest BCUT2D eigenvalue weighted by Crippen LogP contribution is 2.25. The van der Waals surface area contributed by atoms with Gasteiger partial charge in [-0.3, -0.25) is 4.79 Å². The molecule has 150 valence electrons. The van der Waals surface area contributed by atoms with Crippen molar-refractivity contribution < 1.29 is 22.0 Å². The quantitative estimate of drug-likeness (QED) is 0.787. The molecule has 1 heterocycles. The van der Waals surface area contributed by atoms with Gasteiger partial charge in [0.25, 0.3) is 0 Å². The molecule has 1 N–H and O–H groups in total. The first-order chi connectivity index (χ1) is 13.3. The third-order valence-corrected chi connectivity index (χ3v) is 6.80. The Bertz CT molecular complexity index is 985. The maximum Gasteiger partial charge on any atom is 0.228 e. The Kier molecular flexibility index (Phi) is 6.32. The predicted octanol–water partition coefficient (Wildman–Crippen LogP) is 3.80. The number of amides is 1. The summed E-state index contributed by atoms with van der Waals surface area (Å²) in [7, 11) is -3.67. The van der Waals surface area contributed by atoms with Gasteiger partial charge in [-0.1, -0.05) is 29.8 Å². The number of sulfonamides is 1. The summed E-state index contributed by atoms with van der Waals surface area (Å²) >= 11 is 6.06. The molecule has 1 saturated heterocycles. The third kappa shape index (κ3) is 4.87. The van der Waals surface area contributed by atoms with Gasteiger partial charge in [-0.15, -0.1) is 0 Å². The standard InChI is InChI=1S/C19H19ClF2N2O3S/c20-16-6-2-1-4-14(16)12-28(26,27)24-9-3-5-13(11-24)19(25)23-18-8-7-15(21)10-17(18)22/h1-2,4,6-8,10,13H,3,5,9,11-12H2,(H,23,25)/t13-/m1/s1. The highest BCUT2D eigenvalue weighted by molar-refractivity contribution is 7.88. The number of carbonyl (C=O) groups excluding carboxylic acids is 1. The number of nitrogens with zero attached hydrogens (tertiary/aromatic N) is 1. The summed E-state index contributed by atoms with van der Waals surface area (Å²) in [5.74, 6) is -3.01. The zero-order valence-electron chi connectivity index (χ0n) is 14.9. The molecule has 9 heteroatoms. The fourth-order valence-electron chi connectivity index (χ4n) is 3.14. The fourth-order valence-corrected chi connectivity index (χ4v) is 5.06. The molecule has 1 amide bonds. The van der Waals surface area contributed by atoms with E-state index < -0.39 is 33.5 Å². The van der Waals surface area contributed by atoms with E-state index in [0.29, 0.717) is 36.0 Å². The van der Waals surface area contributed by atoms with Crippen LogP contribution in [0.4, 0.5) is 14.5 Å². The van der Waals surface area contributed by atoms with Gasteiger partial charge in [-0.25, -0.2) is 21.5 Å². The second-order valence-corrected chi connectivity index (χ2v) is 9.03. The van der Waals surface area contributed by atoms with Gasteiger partial charge in [0.1, 0.15) is 11.6 Å². The van der Waals surface area contributed by atoms with Crippen LogP contribution < -0.4 is 5.32 Å². The lowest BCUT2D eigenvalue weighted by atomic mass is 9.98. The molecule has 1 atom stereocenters. The van der Waals surface area contributed by atoms with E-state index in [1.165, 1.54) is 4.31 Å². The minimum absolute atomic E-state index is 0.00142. The molecule has 0 radical (unpaired) electrons. The van der Waals surface area contributed by atoms with Gasteiger partial charge in [-0.05, 0) is 36.6 Å². The van der Waals surface area contributed by atoms with E-state index in [1.807, 2.05) is 0 Å².